The van der Waals surface area contributed by atoms with Gasteiger partial charge in [0.05, 0.1) is 17.5 Å². The van der Waals surface area contributed by atoms with Gasteiger partial charge in [-0.05, 0) is 43.4 Å². The Bertz CT molecular complexity index is 1050. The third-order valence-electron chi connectivity index (χ3n) is 6.36. The lowest BCUT2D eigenvalue weighted by Crippen LogP contribution is -2.34. The van der Waals surface area contributed by atoms with E-state index in [1.165, 1.54) is 4.90 Å². The molecular formula is C24H20ClNO4. The Morgan fingerprint density at radius 3 is 2.30 bits per heavy atom. The van der Waals surface area contributed by atoms with Gasteiger partial charge in [0.25, 0.3) is 0 Å². The largest absolute Gasteiger partial charge is 0.480 e. The summed E-state index contributed by atoms with van der Waals surface area (Å²) in [7, 11) is 0. The van der Waals surface area contributed by atoms with Gasteiger partial charge in [-0.25, -0.2) is 4.90 Å². The highest BCUT2D eigenvalue weighted by Crippen LogP contribution is 2.54. The topological polar surface area (TPSA) is 63.7 Å². The highest BCUT2D eigenvalue weighted by atomic mass is 35.5. The van der Waals surface area contributed by atoms with Crippen LogP contribution in [-0.2, 0) is 9.59 Å². The summed E-state index contributed by atoms with van der Waals surface area (Å²) >= 11 is 6.19. The fraction of sp³-hybridized carbons (Fsp3) is 0.292. The average Bonchev–Trinajstić information content (AvgIpc) is 3.43. The maximum atomic E-state index is 13.2. The zero-order valence-electron chi connectivity index (χ0n) is 16.3. The Hall–Kier alpha value is -2.92. The molecule has 0 spiro atoms. The number of halogens is 1. The van der Waals surface area contributed by atoms with Crippen molar-refractivity contribution in [3.8, 4) is 5.75 Å². The summed E-state index contributed by atoms with van der Waals surface area (Å²) in [5.74, 6) is -0.725. The molecule has 0 N–H and O–H groups in total. The number of allylic oxidation sites excluding steroid dienone is 2. The fourth-order valence-corrected chi connectivity index (χ4v) is 5.15. The molecule has 3 aliphatic rings. The van der Waals surface area contributed by atoms with E-state index in [1.54, 1.807) is 49.4 Å². The quantitative estimate of drug-likeness (QED) is 0.410. The molecule has 6 heteroatoms. The van der Waals surface area contributed by atoms with E-state index >= 15 is 0 Å². The van der Waals surface area contributed by atoms with Crippen LogP contribution in [0.25, 0.3) is 0 Å². The lowest BCUT2D eigenvalue weighted by atomic mass is 9.85. The standard InChI is InChI=1S/C24H20ClNO4/c1-13(22(27)14-5-3-2-4-6-14)30-19-10-9-17(25)12-18(19)26-23(28)20-15-7-8-16(11-15)21(20)24(26)29/h2-10,12-13,15-16,20-21H,11H2,1H3/t13-,15-,16-,20-,21+/m0/s1. The van der Waals surface area contributed by atoms with Crippen LogP contribution < -0.4 is 9.64 Å². The highest BCUT2D eigenvalue weighted by molar-refractivity contribution is 6.31. The number of imide groups is 1. The molecule has 2 aromatic carbocycles. The van der Waals surface area contributed by atoms with Gasteiger partial charge < -0.3 is 4.74 Å². The van der Waals surface area contributed by atoms with E-state index in [0.29, 0.717) is 16.3 Å². The number of carbonyl (C=O) groups excluding carboxylic acids is 3. The van der Waals surface area contributed by atoms with Crippen LogP contribution in [0.3, 0.4) is 0 Å². The number of amides is 2. The van der Waals surface area contributed by atoms with Crippen molar-refractivity contribution in [2.24, 2.45) is 23.7 Å². The first kappa shape index (κ1) is 19.1. The van der Waals surface area contributed by atoms with Crippen LogP contribution in [0, 0.1) is 23.7 Å². The van der Waals surface area contributed by atoms with E-state index in [-0.39, 0.29) is 47.0 Å². The predicted molar refractivity (Wildman–Crippen MR) is 113 cm³/mol. The minimum absolute atomic E-state index is 0.114. The summed E-state index contributed by atoms with van der Waals surface area (Å²) in [6.07, 6.45) is 4.17. The van der Waals surface area contributed by atoms with Crippen molar-refractivity contribution in [3.63, 3.8) is 0 Å². The van der Waals surface area contributed by atoms with Crippen molar-refractivity contribution in [1.82, 2.24) is 0 Å². The van der Waals surface area contributed by atoms with Gasteiger partial charge >= 0.3 is 0 Å². The third-order valence-corrected chi connectivity index (χ3v) is 6.60. The molecule has 5 rings (SSSR count). The lowest BCUT2D eigenvalue weighted by Gasteiger charge is -2.22. The van der Waals surface area contributed by atoms with Gasteiger partial charge in [-0.15, -0.1) is 0 Å². The Morgan fingerprint density at radius 2 is 1.67 bits per heavy atom. The van der Waals surface area contributed by atoms with Crippen molar-refractivity contribution in [2.45, 2.75) is 19.4 Å². The molecule has 5 atom stereocenters. The molecule has 1 saturated heterocycles. The van der Waals surface area contributed by atoms with E-state index in [2.05, 4.69) is 12.2 Å². The fourth-order valence-electron chi connectivity index (χ4n) is 4.99. The van der Waals surface area contributed by atoms with E-state index in [4.69, 9.17) is 16.3 Å². The Labute approximate surface area is 179 Å². The SMILES string of the molecule is C[C@H](Oc1ccc(Cl)cc1N1C(=O)[C@@H]2[C@H](C1=O)[C@H]1C=C[C@H]2C1)C(=O)c1ccccc1. The van der Waals surface area contributed by atoms with Crippen LogP contribution in [0.15, 0.2) is 60.7 Å². The van der Waals surface area contributed by atoms with Crippen LogP contribution in [-0.4, -0.2) is 23.7 Å². The molecule has 1 aliphatic heterocycles. The average molecular weight is 422 g/mol. The summed E-state index contributed by atoms with van der Waals surface area (Å²) in [6, 6.07) is 13.6. The van der Waals surface area contributed by atoms with Crippen LogP contribution in [0.2, 0.25) is 5.02 Å². The number of benzene rings is 2. The second kappa shape index (κ2) is 7.10. The molecule has 5 nitrogen and oxygen atoms in total. The van der Waals surface area contributed by atoms with Crippen molar-refractivity contribution in [1.29, 1.82) is 0 Å². The molecule has 0 unspecified atom stereocenters. The summed E-state index contributed by atoms with van der Waals surface area (Å²) in [4.78, 5) is 40.3. The van der Waals surface area contributed by atoms with Gasteiger partial charge in [-0.2, -0.15) is 0 Å². The molecule has 2 amide bonds. The lowest BCUT2D eigenvalue weighted by molar-refractivity contribution is -0.123. The number of Topliss-reactive ketones (excluding diaryl/α,β-unsaturated/α-hetero) is 1. The van der Waals surface area contributed by atoms with Gasteiger partial charge in [0, 0.05) is 10.6 Å². The van der Waals surface area contributed by atoms with Crippen molar-refractivity contribution < 1.29 is 19.1 Å². The first-order valence-corrected chi connectivity index (χ1v) is 10.4. The molecule has 2 bridgehead atoms. The Morgan fingerprint density at radius 1 is 1.03 bits per heavy atom. The summed E-state index contributed by atoms with van der Waals surface area (Å²) in [5, 5.41) is 0.387. The number of rotatable bonds is 5. The number of ether oxygens (including phenoxy) is 1. The van der Waals surface area contributed by atoms with E-state index in [0.717, 1.165) is 6.42 Å². The minimum atomic E-state index is -0.794. The van der Waals surface area contributed by atoms with Gasteiger partial charge in [-0.1, -0.05) is 54.1 Å². The molecule has 2 aliphatic carbocycles. The maximum absolute atomic E-state index is 13.2. The van der Waals surface area contributed by atoms with Gasteiger partial charge in [0.1, 0.15) is 5.75 Å². The van der Waals surface area contributed by atoms with Crippen LogP contribution >= 0.6 is 11.6 Å². The number of anilines is 1. The molecule has 30 heavy (non-hydrogen) atoms. The normalized spacial score (nSPS) is 27.5. The number of hydrogen-bond donors (Lipinski definition) is 0. The van der Waals surface area contributed by atoms with Crippen LogP contribution in [0.1, 0.15) is 23.7 Å². The minimum Gasteiger partial charge on any atom is -0.480 e. The van der Waals surface area contributed by atoms with Crippen molar-refractivity contribution in [2.75, 3.05) is 4.90 Å². The molecule has 0 aromatic heterocycles. The zero-order chi connectivity index (χ0) is 21.0. The zero-order valence-corrected chi connectivity index (χ0v) is 17.1. The van der Waals surface area contributed by atoms with E-state index < -0.39 is 6.10 Å². The number of hydrogen-bond acceptors (Lipinski definition) is 4. The molecule has 1 heterocycles. The van der Waals surface area contributed by atoms with Crippen molar-refractivity contribution >= 4 is 34.9 Å². The molecule has 1 saturated carbocycles. The molecular weight excluding hydrogens is 402 g/mol. The summed E-state index contributed by atoms with van der Waals surface area (Å²) < 4.78 is 5.95. The van der Waals surface area contributed by atoms with Gasteiger partial charge in [-0.3, -0.25) is 14.4 Å². The molecule has 2 aromatic rings. The van der Waals surface area contributed by atoms with Crippen molar-refractivity contribution in [3.05, 3.63) is 71.3 Å². The number of fused-ring (bicyclic) bond motifs is 5. The molecule has 152 valence electrons. The number of carbonyl (C=O) groups is 3. The summed E-state index contributed by atoms with van der Waals surface area (Å²) in [5.41, 5.74) is 0.838. The number of ketones is 1. The molecule has 2 fully saturated rings. The maximum Gasteiger partial charge on any atom is 0.238 e. The first-order chi connectivity index (χ1) is 14.5. The molecule has 0 radical (unpaired) electrons. The van der Waals surface area contributed by atoms with E-state index in [1.807, 2.05) is 6.07 Å². The first-order valence-electron chi connectivity index (χ1n) is 10.1. The smallest absolute Gasteiger partial charge is 0.238 e. The monoisotopic (exact) mass is 421 g/mol. The highest BCUT2D eigenvalue weighted by Gasteiger charge is 2.60. The van der Waals surface area contributed by atoms with Gasteiger partial charge in [0.2, 0.25) is 17.6 Å². The number of nitrogens with zero attached hydrogens (tertiary/aromatic N) is 1. The Kier molecular flexibility index (Phi) is 4.51. The Balaban J connectivity index is 1.46. The second-order valence-corrected chi connectivity index (χ2v) is 8.55. The predicted octanol–water partition coefficient (Wildman–Crippen LogP) is 4.30. The van der Waals surface area contributed by atoms with E-state index in [9.17, 15) is 14.4 Å². The van der Waals surface area contributed by atoms with Gasteiger partial charge in [0.15, 0.2) is 6.10 Å². The van der Waals surface area contributed by atoms with Crippen LogP contribution in [0.4, 0.5) is 5.69 Å². The second-order valence-electron chi connectivity index (χ2n) is 8.11. The third kappa shape index (κ3) is 2.88. The van der Waals surface area contributed by atoms with Crippen LogP contribution in [0.5, 0.6) is 5.75 Å². The summed E-state index contributed by atoms with van der Waals surface area (Å²) in [6.45, 7) is 1.65.